The maximum absolute atomic E-state index is 12.6. The highest BCUT2D eigenvalue weighted by molar-refractivity contribution is 14.1. The first-order valence-electron chi connectivity index (χ1n) is 5.98. The van der Waals surface area contributed by atoms with Gasteiger partial charge in [-0.05, 0) is 52.4 Å². The first kappa shape index (κ1) is 13.6. The maximum Gasteiger partial charge on any atom is 0.228 e. The van der Waals surface area contributed by atoms with Gasteiger partial charge in [0, 0.05) is 20.4 Å². The van der Waals surface area contributed by atoms with E-state index in [4.69, 9.17) is 11.6 Å². The lowest BCUT2D eigenvalue weighted by molar-refractivity contribution is -0.115. The fourth-order valence-electron chi connectivity index (χ4n) is 2.21. The van der Waals surface area contributed by atoms with Crippen molar-refractivity contribution in [3.05, 3.63) is 61.7 Å². The van der Waals surface area contributed by atoms with Crippen LogP contribution in [0.5, 0.6) is 0 Å². The topological polar surface area (TPSA) is 46.2 Å². The van der Waals surface area contributed by atoms with E-state index in [0.29, 0.717) is 28.3 Å². The second-order valence-electron chi connectivity index (χ2n) is 4.52. The molecule has 1 heterocycles. The number of rotatable bonds is 2. The zero-order valence-corrected chi connectivity index (χ0v) is 13.2. The minimum atomic E-state index is -0.123. The van der Waals surface area contributed by atoms with Crippen LogP contribution in [-0.2, 0) is 11.2 Å². The molecule has 3 nitrogen and oxygen atoms in total. The van der Waals surface area contributed by atoms with E-state index in [1.807, 2.05) is 18.2 Å². The Bertz CT molecular complexity index is 743. The number of amides is 1. The van der Waals surface area contributed by atoms with Crippen LogP contribution < -0.4 is 5.32 Å². The smallest absolute Gasteiger partial charge is 0.228 e. The van der Waals surface area contributed by atoms with Crippen molar-refractivity contribution in [1.29, 1.82) is 0 Å². The third-order valence-electron chi connectivity index (χ3n) is 3.18. The highest BCUT2D eigenvalue weighted by atomic mass is 127. The van der Waals surface area contributed by atoms with E-state index in [-0.39, 0.29) is 11.7 Å². The molecular formula is C15H9ClINO2. The number of nitrogens with one attached hydrogen (secondary N) is 1. The van der Waals surface area contributed by atoms with Gasteiger partial charge in [0.1, 0.15) is 0 Å². The SMILES string of the molecule is O=C1Cc2cc(C(=O)c3ccccc3I)c(Cl)cc2N1. The van der Waals surface area contributed by atoms with Crippen LogP contribution in [0.2, 0.25) is 5.02 Å². The maximum atomic E-state index is 12.6. The van der Waals surface area contributed by atoms with Crippen LogP contribution in [0.25, 0.3) is 0 Å². The molecule has 2 aromatic rings. The van der Waals surface area contributed by atoms with Crippen LogP contribution in [-0.4, -0.2) is 11.7 Å². The second-order valence-corrected chi connectivity index (χ2v) is 6.09. The molecule has 100 valence electrons. The molecule has 5 heteroatoms. The minimum absolute atomic E-state index is 0.0741. The van der Waals surface area contributed by atoms with Gasteiger partial charge >= 0.3 is 0 Å². The average molecular weight is 398 g/mol. The lowest BCUT2D eigenvalue weighted by Gasteiger charge is -2.08. The van der Waals surface area contributed by atoms with Crippen LogP contribution in [0.15, 0.2) is 36.4 Å². The summed E-state index contributed by atoms with van der Waals surface area (Å²) in [4.78, 5) is 24.0. The molecule has 0 unspecified atom stereocenters. The van der Waals surface area contributed by atoms with Crippen molar-refractivity contribution in [2.45, 2.75) is 6.42 Å². The van der Waals surface area contributed by atoms with E-state index in [2.05, 4.69) is 27.9 Å². The van der Waals surface area contributed by atoms with Crippen LogP contribution >= 0.6 is 34.2 Å². The van der Waals surface area contributed by atoms with Gasteiger partial charge in [0.2, 0.25) is 5.91 Å². The van der Waals surface area contributed by atoms with Crippen LogP contribution in [0.3, 0.4) is 0 Å². The average Bonchev–Trinajstić information content (AvgIpc) is 2.76. The van der Waals surface area contributed by atoms with E-state index in [1.165, 1.54) is 0 Å². The summed E-state index contributed by atoms with van der Waals surface area (Å²) < 4.78 is 0.876. The minimum Gasteiger partial charge on any atom is -0.325 e. The summed E-state index contributed by atoms with van der Waals surface area (Å²) in [5, 5.41) is 3.08. The van der Waals surface area contributed by atoms with Gasteiger partial charge in [-0.2, -0.15) is 0 Å². The molecule has 0 bridgehead atoms. The summed E-state index contributed by atoms with van der Waals surface area (Å²) in [5.74, 6) is -0.197. The lowest BCUT2D eigenvalue weighted by atomic mass is 10.00. The van der Waals surface area contributed by atoms with Gasteiger partial charge in [-0.3, -0.25) is 9.59 Å². The van der Waals surface area contributed by atoms with E-state index in [1.54, 1.807) is 18.2 Å². The zero-order valence-electron chi connectivity index (χ0n) is 10.2. The Hall–Kier alpha value is -1.40. The van der Waals surface area contributed by atoms with E-state index < -0.39 is 0 Å². The number of hydrogen-bond acceptors (Lipinski definition) is 2. The molecule has 0 aliphatic carbocycles. The van der Waals surface area contributed by atoms with E-state index in [0.717, 1.165) is 9.13 Å². The normalized spacial score (nSPS) is 13.0. The molecule has 0 atom stereocenters. The van der Waals surface area contributed by atoms with Crippen molar-refractivity contribution in [2.75, 3.05) is 5.32 Å². The van der Waals surface area contributed by atoms with E-state index in [9.17, 15) is 9.59 Å². The van der Waals surface area contributed by atoms with Gasteiger partial charge in [0.15, 0.2) is 5.78 Å². The third kappa shape index (κ3) is 2.33. The number of ketones is 1. The van der Waals surface area contributed by atoms with Gasteiger partial charge in [-0.1, -0.05) is 23.7 Å². The summed E-state index contributed by atoms with van der Waals surface area (Å²) in [6, 6.07) is 10.7. The van der Waals surface area contributed by atoms with Crippen molar-refractivity contribution < 1.29 is 9.59 Å². The summed E-state index contributed by atoms with van der Waals surface area (Å²) in [6.07, 6.45) is 0.290. The number of benzene rings is 2. The molecule has 3 rings (SSSR count). The Labute approximate surface area is 134 Å². The molecule has 20 heavy (non-hydrogen) atoms. The first-order valence-corrected chi connectivity index (χ1v) is 7.43. The number of carbonyl (C=O) groups is 2. The molecule has 1 N–H and O–H groups in total. The van der Waals surface area contributed by atoms with Crippen molar-refractivity contribution in [1.82, 2.24) is 0 Å². The molecule has 0 fully saturated rings. The molecule has 0 aromatic heterocycles. The number of carbonyl (C=O) groups excluding carboxylic acids is 2. The highest BCUT2D eigenvalue weighted by Crippen LogP contribution is 2.31. The Balaban J connectivity index is 2.08. The molecule has 1 aliphatic heterocycles. The summed E-state index contributed by atoms with van der Waals surface area (Å²) in [6.45, 7) is 0. The summed E-state index contributed by atoms with van der Waals surface area (Å²) >= 11 is 8.30. The zero-order chi connectivity index (χ0) is 14.3. The number of halogens is 2. The predicted octanol–water partition coefficient (Wildman–Crippen LogP) is 3.67. The Morgan fingerprint density at radius 3 is 2.70 bits per heavy atom. The fourth-order valence-corrected chi connectivity index (χ4v) is 3.09. The number of hydrogen-bond donors (Lipinski definition) is 1. The predicted molar refractivity (Wildman–Crippen MR) is 86.4 cm³/mol. The molecule has 0 saturated carbocycles. The first-order chi connectivity index (χ1) is 9.56. The van der Waals surface area contributed by atoms with Crippen molar-refractivity contribution in [3.8, 4) is 0 Å². The van der Waals surface area contributed by atoms with Gasteiger partial charge in [-0.25, -0.2) is 0 Å². The molecule has 0 saturated heterocycles. The molecule has 0 radical (unpaired) electrons. The van der Waals surface area contributed by atoms with Gasteiger partial charge in [0.05, 0.1) is 11.4 Å². The van der Waals surface area contributed by atoms with Crippen LogP contribution in [0, 0.1) is 3.57 Å². The van der Waals surface area contributed by atoms with Gasteiger partial charge < -0.3 is 5.32 Å². The number of anilines is 1. The lowest BCUT2D eigenvalue weighted by Crippen LogP contribution is -2.05. The Kier molecular flexibility index (Phi) is 3.52. The number of fused-ring (bicyclic) bond motifs is 1. The second kappa shape index (κ2) is 5.18. The van der Waals surface area contributed by atoms with Gasteiger partial charge in [-0.15, -0.1) is 0 Å². The Morgan fingerprint density at radius 1 is 1.20 bits per heavy atom. The molecular weight excluding hydrogens is 389 g/mol. The summed E-state index contributed by atoms with van der Waals surface area (Å²) in [5.41, 5.74) is 2.56. The van der Waals surface area contributed by atoms with E-state index >= 15 is 0 Å². The quantitative estimate of drug-likeness (QED) is 0.621. The monoisotopic (exact) mass is 397 g/mol. The van der Waals surface area contributed by atoms with Crippen molar-refractivity contribution >= 4 is 51.6 Å². The van der Waals surface area contributed by atoms with Crippen molar-refractivity contribution in [3.63, 3.8) is 0 Å². The van der Waals surface area contributed by atoms with Crippen LogP contribution in [0.4, 0.5) is 5.69 Å². The highest BCUT2D eigenvalue weighted by Gasteiger charge is 2.23. The molecule has 2 aromatic carbocycles. The third-order valence-corrected chi connectivity index (χ3v) is 4.43. The Morgan fingerprint density at radius 2 is 1.95 bits per heavy atom. The largest absolute Gasteiger partial charge is 0.325 e. The molecule has 0 spiro atoms. The standard InChI is InChI=1S/C15H9ClINO2/c16-11-7-13-8(6-14(19)18-13)5-10(11)15(20)9-3-1-2-4-12(9)17/h1-5,7H,6H2,(H,18,19). The molecule has 1 aliphatic rings. The molecule has 1 amide bonds. The van der Waals surface area contributed by atoms with Crippen LogP contribution in [0.1, 0.15) is 21.5 Å². The van der Waals surface area contributed by atoms with Crippen molar-refractivity contribution in [2.24, 2.45) is 0 Å². The summed E-state index contributed by atoms with van der Waals surface area (Å²) in [7, 11) is 0. The fraction of sp³-hybridized carbons (Fsp3) is 0.0667. The van der Waals surface area contributed by atoms with Gasteiger partial charge in [0.25, 0.3) is 0 Å².